The number of oxime groups is 1. The molecule has 2 atom stereocenters. The first-order chi connectivity index (χ1) is 16.2. The largest absolute Gasteiger partial charge is 0.481 e. The van der Waals surface area contributed by atoms with Gasteiger partial charge < -0.3 is 10.3 Å². The molecule has 0 aromatic heterocycles. The summed E-state index contributed by atoms with van der Waals surface area (Å²) in [5.41, 5.74) is 5.58. The van der Waals surface area contributed by atoms with Crippen LogP contribution < -0.4 is 0 Å². The maximum Gasteiger partial charge on any atom is 0.310 e. The molecule has 0 aliphatic heterocycles. The molecule has 2 rings (SSSR count). The minimum atomic E-state index is -0.824. The molecule has 0 fully saturated rings. The molecule has 0 bridgehead atoms. The standard InChI is InChI=1S/C26H35NO3.2C2H6/c1-6-20(10-7-9-19(3)25(28)29)11-8-12-24(27-30)21-13-14-22-18(2)15-16-26(4,5)23(22)17-21;2*1-2/h6-9,11,13-14,17-19,30H,10,12,15-16H2,1-5H3,(H,28,29);2*1-2H3/b9-7-,11-8?,20-6+,27-24-;;. The second kappa shape index (κ2) is 16.1. The summed E-state index contributed by atoms with van der Waals surface area (Å²) in [6.45, 7) is 18.5. The number of aliphatic carboxylic acids is 1. The van der Waals surface area contributed by atoms with Crippen LogP contribution in [0, 0.1) is 5.92 Å². The van der Waals surface area contributed by atoms with Crippen LogP contribution in [-0.2, 0) is 10.2 Å². The van der Waals surface area contributed by atoms with Crippen LogP contribution in [0.2, 0.25) is 0 Å². The first-order valence-electron chi connectivity index (χ1n) is 12.8. The third-order valence-electron chi connectivity index (χ3n) is 6.15. The smallest absolute Gasteiger partial charge is 0.310 e. The number of allylic oxidation sites excluding steroid dienone is 5. The summed E-state index contributed by atoms with van der Waals surface area (Å²) in [5.74, 6) is -0.753. The van der Waals surface area contributed by atoms with E-state index < -0.39 is 11.9 Å². The zero-order chi connectivity index (χ0) is 26.3. The molecule has 0 saturated carbocycles. The Balaban J connectivity index is 0.00000258. The van der Waals surface area contributed by atoms with Crippen LogP contribution in [0.25, 0.3) is 0 Å². The van der Waals surface area contributed by atoms with E-state index in [9.17, 15) is 10.0 Å². The molecule has 0 spiro atoms. The molecule has 190 valence electrons. The minimum Gasteiger partial charge on any atom is -0.481 e. The van der Waals surface area contributed by atoms with Crippen molar-refractivity contribution in [2.75, 3.05) is 0 Å². The molecule has 0 amide bonds. The van der Waals surface area contributed by atoms with Gasteiger partial charge in [0.25, 0.3) is 0 Å². The van der Waals surface area contributed by atoms with Gasteiger partial charge in [0.2, 0.25) is 0 Å². The summed E-state index contributed by atoms with van der Waals surface area (Å²) in [4.78, 5) is 10.9. The lowest BCUT2D eigenvalue weighted by atomic mass is 9.69. The van der Waals surface area contributed by atoms with E-state index in [4.69, 9.17) is 5.11 Å². The Morgan fingerprint density at radius 3 is 2.38 bits per heavy atom. The Hall–Kier alpha value is -2.62. The predicted octanol–water partition coefficient (Wildman–Crippen LogP) is 8.65. The van der Waals surface area contributed by atoms with Crippen molar-refractivity contribution in [1.82, 2.24) is 0 Å². The van der Waals surface area contributed by atoms with Crippen LogP contribution in [0.1, 0.15) is 111 Å². The minimum absolute atomic E-state index is 0.131. The number of fused-ring (bicyclic) bond motifs is 1. The molecule has 1 aromatic rings. The number of carboxylic acid groups (broad SMARTS) is 1. The van der Waals surface area contributed by atoms with Gasteiger partial charge >= 0.3 is 5.97 Å². The Labute approximate surface area is 208 Å². The quantitative estimate of drug-likeness (QED) is 0.132. The topological polar surface area (TPSA) is 69.9 Å². The molecular weight excluding hydrogens is 422 g/mol. The monoisotopic (exact) mass is 469 g/mol. The van der Waals surface area contributed by atoms with E-state index in [0.717, 1.165) is 17.6 Å². The molecule has 4 nitrogen and oxygen atoms in total. The summed E-state index contributed by atoms with van der Waals surface area (Å²) >= 11 is 0. The first-order valence-corrected chi connectivity index (χ1v) is 12.8. The number of hydrogen-bond donors (Lipinski definition) is 2. The number of hydrogen-bond acceptors (Lipinski definition) is 3. The van der Waals surface area contributed by atoms with Crippen molar-refractivity contribution in [2.24, 2.45) is 11.1 Å². The number of carboxylic acids is 1. The maximum atomic E-state index is 10.9. The fourth-order valence-corrected chi connectivity index (χ4v) is 3.93. The van der Waals surface area contributed by atoms with Gasteiger partial charge in [-0.05, 0) is 72.8 Å². The van der Waals surface area contributed by atoms with Gasteiger partial charge in [0, 0.05) is 6.42 Å². The van der Waals surface area contributed by atoms with Crippen molar-refractivity contribution in [3.63, 3.8) is 0 Å². The van der Waals surface area contributed by atoms with Crippen molar-refractivity contribution in [2.45, 2.75) is 99.3 Å². The van der Waals surface area contributed by atoms with Crippen molar-refractivity contribution >= 4 is 11.7 Å². The Bertz CT molecular complexity index is 875. The van der Waals surface area contributed by atoms with Gasteiger partial charge in [-0.1, -0.05) is 96.1 Å². The average Bonchev–Trinajstić information content (AvgIpc) is 2.85. The highest BCUT2D eigenvalue weighted by Crippen LogP contribution is 2.42. The van der Waals surface area contributed by atoms with E-state index >= 15 is 0 Å². The summed E-state index contributed by atoms with van der Waals surface area (Å²) in [7, 11) is 0. The third kappa shape index (κ3) is 9.32. The van der Waals surface area contributed by atoms with Gasteiger partial charge in [0.1, 0.15) is 0 Å². The maximum absolute atomic E-state index is 10.9. The van der Waals surface area contributed by atoms with Crippen LogP contribution in [0.4, 0.5) is 0 Å². The summed E-state index contributed by atoms with van der Waals surface area (Å²) < 4.78 is 0. The Morgan fingerprint density at radius 1 is 1.18 bits per heavy atom. The number of carbonyl (C=O) groups is 1. The lowest BCUT2D eigenvalue weighted by molar-refractivity contribution is -0.139. The summed E-state index contributed by atoms with van der Waals surface area (Å²) in [5, 5.41) is 22.1. The third-order valence-corrected chi connectivity index (χ3v) is 6.15. The van der Waals surface area contributed by atoms with Gasteiger partial charge in [-0.3, -0.25) is 4.79 Å². The van der Waals surface area contributed by atoms with E-state index in [-0.39, 0.29) is 5.41 Å². The van der Waals surface area contributed by atoms with Crippen LogP contribution >= 0.6 is 0 Å². The molecule has 1 aliphatic carbocycles. The van der Waals surface area contributed by atoms with E-state index in [1.807, 2.05) is 58.9 Å². The predicted molar refractivity (Wildman–Crippen MR) is 146 cm³/mol. The number of nitrogens with zero attached hydrogens (tertiary/aromatic N) is 1. The zero-order valence-electron chi connectivity index (χ0n) is 22.9. The van der Waals surface area contributed by atoms with Gasteiger partial charge in [0.05, 0.1) is 11.6 Å². The van der Waals surface area contributed by atoms with Crippen LogP contribution in [-0.4, -0.2) is 22.0 Å². The molecule has 0 saturated heterocycles. The molecule has 1 aliphatic rings. The van der Waals surface area contributed by atoms with E-state index in [2.05, 4.69) is 44.1 Å². The second-order valence-corrected chi connectivity index (χ2v) is 8.90. The summed E-state index contributed by atoms with van der Waals surface area (Å²) in [6.07, 6.45) is 13.1. The highest BCUT2D eigenvalue weighted by Gasteiger charge is 2.31. The SMILES string of the molecule is C/C=C(/C=CC/C(=N/O)c1ccc2c(c1)C(C)(C)CCC2C)C/C=C\C(C)C(=O)O.CC.CC. The lowest BCUT2D eigenvalue weighted by Crippen LogP contribution is -2.26. The lowest BCUT2D eigenvalue weighted by Gasteiger charge is -2.36. The zero-order valence-corrected chi connectivity index (χ0v) is 22.9. The van der Waals surface area contributed by atoms with Crippen molar-refractivity contribution in [3.05, 3.63) is 70.8 Å². The van der Waals surface area contributed by atoms with Gasteiger partial charge in [-0.25, -0.2) is 0 Å². The average molecular weight is 470 g/mol. The molecule has 1 aromatic carbocycles. The molecule has 2 unspecified atom stereocenters. The van der Waals surface area contributed by atoms with Crippen LogP contribution in [0.5, 0.6) is 0 Å². The fraction of sp³-hybridized carbons (Fsp3) is 0.533. The van der Waals surface area contributed by atoms with Gasteiger partial charge in [0.15, 0.2) is 0 Å². The number of rotatable bonds is 8. The van der Waals surface area contributed by atoms with Crippen LogP contribution in [0.15, 0.2) is 59.3 Å². The van der Waals surface area contributed by atoms with E-state index in [0.29, 0.717) is 24.5 Å². The molecule has 34 heavy (non-hydrogen) atoms. The van der Waals surface area contributed by atoms with Gasteiger partial charge in [-0.2, -0.15) is 0 Å². The molecular formula is C30H47NO3. The van der Waals surface area contributed by atoms with E-state index in [1.54, 1.807) is 13.0 Å². The Kier molecular flexibility index (Phi) is 14.8. The fourth-order valence-electron chi connectivity index (χ4n) is 3.93. The van der Waals surface area contributed by atoms with E-state index in [1.165, 1.54) is 17.5 Å². The van der Waals surface area contributed by atoms with Gasteiger partial charge in [-0.15, -0.1) is 0 Å². The number of benzene rings is 1. The van der Waals surface area contributed by atoms with Crippen LogP contribution in [0.3, 0.4) is 0 Å². The van der Waals surface area contributed by atoms with Crippen molar-refractivity contribution < 1.29 is 15.1 Å². The Morgan fingerprint density at radius 2 is 1.82 bits per heavy atom. The molecule has 0 heterocycles. The first kappa shape index (κ1) is 31.4. The summed E-state index contributed by atoms with van der Waals surface area (Å²) in [6, 6.07) is 6.45. The highest BCUT2D eigenvalue weighted by atomic mass is 16.4. The second-order valence-electron chi connectivity index (χ2n) is 8.90. The van der Waals surface area contributed by atoms with Crippen molar-refractivity contribution in [3.8, 4) is 0 Å². The molecule has 4 heteroatoms. The normalized spacial score (nSPS) is 18.4. The van der Waals surface area contributed by atoms with Crippen molar-refractivity contribution in [1.29, 1.82) is 0 Å². The molecule has 0 radical (unpaired) electrons. The molecule has 2 N–H and O–H groups in total. The highest BCUT2D eigenvalue weighted by molar-refractivity contribution is 6.01.